The van der Waals surface area contributed by atoms with E-state index in [0.717, 1.165) is 5.56 Å². The summed E-state index contributed by atoms with van der Waals surface area (Å²) in [4.78, 5) is 3.87. The molecule has 0 amide bonds. The van der Waals surface area contributed by atoms with Crippen LogP contribution < -0.4 is 10.5 Å². The first-order valence-electron chi connectivity index (χ1n) is 6.20. The Morgan fingerprint density at radius 1 is 1.30 bits per heavy atom. The highest BCUT2D eigenvalue weighted by Gasteiger charge is 2.28. The number of sulfone groups is 1. The maximum absolute atomic E-state index is 12.1. The van der Waals surface area contributed by atoms with Crippen molar-refractivity contribution in [2.24, 2.45) is 5.73 Å². The maximum Gasteiger partial charge on any atom is 0.258 e. The predicted octanol–water partition coefficient (Wildman–Crippen LogP) is -0.604. The molecule has 0 aromatic carbocycles. The number of pyridine rings is 1. The first-order valence-corrected chi connectivity index (χ1v) is 9.50. The fourth-order valence-electron chi connectivity index (χ4n) is 1.98. The summed E-state index contributed by atoms with van der Waals surface area (Å²) in [5, 5.41) is -0.0804. The first-order chi connectivity index (χ1) is 9.32. The van der Waals surface area contributed by atoms with E-state index < -0.39 is 19.9 Å². The molecule has 1 aromatic heterocycles. The van der Waals surface area contributed by atoms with E-state index in [1.807, 2.05) is 0 Å². The molecule has 9 heteroatoms. The number of nitrogens with zero attached hydrogens (tertiary/aromatic N) is 1. The lowest BCUT2D eigenvalue weighted by atomic mass is 10.2. The normalized spacial score (nSPS) is 19.9. The van der Waals surface area contributed by atoms with Crippen LogP contribution in [0.4, 0.5) is 0 Å². The van der Waals surface area contributed by atoms with Crippen molar-refractivity contribution < 1.29 is 16.8 Å². The Kier molecular flexibility index (Phi) is 4.43. The third-order valence-electron chi connectivity index (χ3n) is 3.19. The topological polar surface area (TPSA) is 119 Å². The molecule has 2 heterocycles. The van der Waals surface area contributed by atoms with Gasteiger partial charge in [-0.1, -0.05) is 6.07 Å². The van der Waals surface area contributed by atoms with E-state index in [1.54, 1.807) is 6.07 Å². The second-order valence-corrected chi connectivity index (χ2v) is 8.72. The Balaban J connectivity index is 2.07. The van der Waals surface area contributed by atoms with E-state index >= 15 is 0 Å². The van der Waals surface area contributed by atoms with Gasteiger partial charge in [0.05, 0.1) is 11.5 Å². The minimum absolute atomic E-state index is 0.0136. The standard InChI is InChI=1S/C11H17N3O4S2/c12-7-9-1-2-11(13-8-9)20(17,18)14-10-3-5-19(15,16)6-4-10/h1-2,8,10,14H,3-7,12H2. The summed E-state index contributed by atoms with van der Waals surface area (Å²) < 4.78 is 49.3. The van der Waals surface area contributed by atoms with E-state index in [4.69, 9.17) is 5.73 Å². The second-order valence-electron chi connectivity index (χ2n) is 4.76. The van der Waals surface area contributed by atoms with E-state index in [9.17, 15) is 16.8 Å². The fourth-order valence-corrected chi connectivity index (χ4v) is 4.70. The molecule has 0 aliphatic carbocycles. The van der Waals surface area contributed by atoms with Crippen LogP contribution in [0.3, 0.4) is 0 Å². The number of sulfonamides is 1. The molecular formula is C11H17N3O4S2. The quantitative estimate of drug-likeness (QED) is 0.764. The van der Waals surface area contributed by atoms with Crippen molar-refractivity contribution in [1.82, 2.24) is 9.71 Å². The monoisotopic (exact) mass is 319 g/mol. The summed E-state index contributed by atoms with van der Waals surface area (Å²) in [7, 11) is -6.73. The SMILES string of the molecule is NCc1ccc(S(=O)(=O)NC2CCS(=O)(=O)CC2)nc1. The fraction of sp³-hybridized carbons (Fsp3) is 0.545. The summed E-state index contributed by atoms with van der Waals surface area (Å²) in [6.45, 7) is 0.293. The van der Waals surface area contributed by atoms with Crippen molar-refractivity contribution in [3.63, 3.8) is 0 Å². The van der Waals surface area contributed by atoms with Crippen molar-refractivity contribution in [3.8, 4) is 0 Å². The van der Waals surface area contributed by atoms with Crippen LogP contribution in [0, 0.1) is 0 Å². The van der Waals surface area contributed by atoms with Gasteiger partial charge < -0.3 is 5.73 Å². The first kappa shape index (κ1) is 15.4. The summed E-state index contributed by atoms with van der Waals surface area (Å²) in [6.07, 6.45) is 2.00. The van der Waals surface area contributed by atoms with Gasteiger partial charge in [0, 0.05) is 18.8 Å². The molecule has 1 saturated heterocycles. The van der Waals surface area contributed by atoms with Gasteiger partial charge in [0.1, 0.15) is 9.84 Å². The van der Waals surface area contributed by atoms with Gasteiger partial charge >= 0.3 is 0 Å². The molecule has 1 aromatic rings. The van der Waals surface area contributed by atoms with E-state index in [2.05, 4.69) is 9.71 Å². The predicted molar refractivity (Wildman–Crippen MR) is 74.1 cm³/mol. The number of aromatic nitrogens is 1. The highest BCUT2D eigenvalue weighted by Crippen LogP contribution is 2.15. The molecule has 0 unspecified atom stereocenters. The van der Waals surface area contributed by atoms with Crippen LogP contribution >= 0.6 is 0 Å². The van der Waals surface area contributed by atoms with Crippen LogP contribution in [0.15, 0.2) is 23.4 Å². The van der Waals surface area contributed by atoms with E-state index in [-0.39, 0.29) is 22.6 Å². The number of rotatable bonds is 4. The molecule has 1 aliphatic rings. The maximum atomic E-state index is 12.1. The molecule has 0 radical (unpaired) electrons. The highest BCUT2D eigenvalue weighted by atomic mass is 32.2. The van der Waals surface area contributed by atoms with Crippen LogP contribution in [0.1, 0.15) is 18.4 Å². The Morgan fingerprint density at radius 3 is 2.45 bits per heavy atom. The lowest BCUT2D eigenvalue weighted by molar-refractivity contribution is 0.504. The van der Waals surface area contributed by atoms with Gasteiger partial charge in [-0.3, -0.25) is 0 Å². The van der Waals surface area contributed by atoms with Crippen LogP contribution in [0.5, 0.6) is 0 Å². The van der Waals surface area contributed by atoms with Gasteiger partial charge in [-0.2, -0.15) is 0 Å². The second kappa shape index (κ2) is 5.76. The summed E-state index contributed by atoms with van der Waals surface area (Å²) in [5.41, 5.74) is 6.17. The molecule has 0 spiro atoms. The Morgan fingerprint density at radius 2 is 1.95 bits per heavy atom. The largest absolute Gasteiger partial charge is 0.326 e. The van der Waals surface area contributed by atoms with Crippen molar-refractivity contribution in [2.75, 3.05) is 11.5 Å². The molecule has 0 saturated carbocycles. The lowest BCUT2D eigenvalue weighted by Gasteiger charge is -2.22. The third kappa shape index (κ3) is 3.75. The minimum Gasteiger partial charge on any atom is -0.326 e. The van der Waals surface area contributed by atoms with Gasteiger partial charge in [-0.05, 0) is 24.5 Å². The molecule has 2 rings (SSSR count). The zero-order valence-corrected chi connectivity index (χ0v) is 12.5. The molecule has 20 heavy (non-hydrogen) atoms. The zero-order chi connectivity index (χ0) is 14.8. The van der Waals surface area contributed by atoms with Crippen LogP contribution in [0.25, 0.3) is 0 Å². The molecule has 1 aliphatic heterocycles. The number of nitrogens with two attached hydrogens (primary N) is 1. The Bertz CT molecular complexity index is 654. The summed E-state index contributed by atoms with van der Waals surface area (Å²) in [6, 6.07) is 2.64. The van der Waals surface area contributed by atoms with E-state index in [1.165, 1.54) is 12.3 Å². The summed E-state index contributed by atoms with van der Waals surface area (Å²) >= 11 is 0. The molecule has 0 atom stereocenters. The van der Waals surface area contributed by atoms with Gasteiger partial charge in [-0.25, -0.2) is 26.5 Å². The van der Waals surface area contributed by atoms with Crippen LogP contribution in [0.2, 0.25) is 0 Å². The average Bonchev–Trinajstić information content (AvgIpc) is 2.41. The minimum atomic E-state index is -3.72. The Labute approximate surface area is 118 Å². The highest BCUT2D eigenvalue weighted by molar-refractivity contribution is 7.91. The number of nitrogens with one attached hydrogen (secondary N) is 1. The smallest absolute Gasteiger partial charge is 0.258 e. The van der Waals surface area contributed by atoms with Crippen LogP contribution in [-0.2, 0) is 26.4 Å². The van der Waals surface area contributed by atoms with Crippen molar-refractivity contribution in [3.05, 3.63) is 23.9 Å². The summed E-state index contributed by atoms with van der Waals surface area (Å²) in [5.74, 6) is 0.0272. The molecule has 0 bridgehead atoms. The van der Waals surface area contributed by atoms with E-state index in [0.29, 0.717) is 19.4 Å². The van der Waals surface area contributed by atoms with Crippen molar-refractivity contribution in [2.45, 2.75) is 30.5 Å². The molecule has 7 nitrogen and oxygen atoms in total. The zero-order valence-electron chi connectivity index (χ0n) is 10.8. The van der Waals surface area contributed by atoms with Crippen molar-refractivity contribution in [1.29, 1.82) is 0 Å². The van der Waals surface area contributed by atoms with Gasteiger partial charge in [0.25, 0.3) is 10.0 Å². The van der Waals surface area contributed by atoms with Gasteiger partial charge in [0.15, 0.2) is 5.03 Å². The molecular weight excluding hydrogens is 302 g/mol. The van der Waals surface area contributed by atoms with Gasteiger partial charge in [0.2, 0.25) is 0 Å². The number of hydrogen-bond donors (Lipinski definition) is 2. The third-order valence-corrected chi connectivity index (χ3v) is 6.34. The molecule has 1 fully saturated rings. The van der Waals surface area contributed by atoms with Crippen molar-refractivity contribution >= 4 is 19.9 Å². The van der Waals surface area contributed by atoms with Gasteiger partial charge in [-0.15, -0.1) is 0 Å². The molecule has 112 valence electrons. The Hall–Kier alpha value is -1.03. The number of hydrogen-bond acceptors (Lipinski definition) is 6. The lowest BCUT2D eigenvalue weighted by Crippen LogP contribution is -2.41. The van der Waals surface area contributed by atoms with Crippen LogP contribution in [-0.4, -0.2) is 39.4 Å². The average molecular weight is 319 g/mol. The molecule has 3 N–H and O–H groups in total.